The molecule has 1 unspecified atom stereocenters. The molecule has 88 valence electrons. The van der Waals surface area contributed by atoms with Crippen LogP contribution in [0.3, 0.4) is 0 Å². The van der Waals surface area contributed by atoms with Crippen molar-refractivity contribution in [2.75, 3.05) is 7.11 Å². The van der Waals surface area contributed by atoms with Crippen LogP contribution in [0.2, 0.25) is 0 Å². The Morgan fingerprint density at radius 2 is 1.56 bits per heavy atom. The molecule has 0 spiro atoms. The molecule has 0 radical (unpaired) electrons. The van der Waals surface area contributed by atoms with Gasteiger partial charge in [0.05, 0.1) is 11.9 Å². The summed E-state index contributed by atoms with van der Waals surface area (Å²) in [4.78, 5) is 22.4. The van der Waals surface area contributed by atoms with Crippen molar-refractivity contribution in [1.29, 1.82) is 0 Å². The standard InChI is InChI=1S/C10H16O3.CH3O.Mg/c1-10(2,3)7(9(12)13)8(11)6-4-5-6;1-2;/h6-7H,4-5H2,1-3H3,(H,12,13);1H3;/q;-1;+2/p-1. The number of carboxylic acids is 1. The molecule has 0 aromatic carbocycles. The minimum atomic E-state index is -1.23. The van der Waals surface area contributed by atoms with E-state index < -0.39 is 17.3 Å². The van der Waals surface area contributed by atoms with Crippen LogP contribution in [-0.4, -0.2) is 41.9 Å². The summed E-state index contributed by atoms with van der Waals surface area (Å²) in [6, 6.07) is 0. The van der Waals surface area contributed by atoms with Crippen molar-refractivity contribution in [1.82, 2.24) is 0 Å². The third-order valence-electron chi connectivity index (χ3n) is 2.37. The number of hydrogen-bond donors (Lipinski definition) is 0. The van der Waals surface area contributed by atoms with E-state index in [0.717, 1.165) is 20.0 Å². The largest absolute Gasteiger partial charge is 2.00 e. The molecule has 1 aliphatic carbocycles. The van der Waals surface area contributed by atoms with Crippen LogP contribution in [0, 0.1) is 17.3 Å². The number of carbonyl (C=O) groups excluding carboxylic acids is 2. The van der Waals surface area contributed by atoms with Gasteiger partial charge in [0.25, 0.3) is 0 Å². The zero-order valence-electron chi connectivity index (χ0n) is 10.4. The van der Waals surface area contributed by atoms with Crippen molar-refractivity contribution in [3.05, 3.63) is 0 Å². The van der Waals surface area contributed by atoms with Gasteiger partial charge >= 0.3 is 23.1 Å². The van der Waals surface area contributed by atoms with Gasteiger partial charge in [0.15, 0.2) is 0 Å². The molecule has 0 aliphatic heterocycles. The van der Waals surface area contributed by atoms with Crippen LogP contribution < -0.4 is 10.2 Å². The maximum absolute atomic E-state index is 11.6. The maximum Gasteiger partial charge on any atom is 2.00 e. The van der Waals surface area contributed by atoms with Crippen molar-refractivity contribution in [3.8, 4) is 0 Å². The molecule has 1 saturated carbocycles. The number of rotatable bonds is 3. The average Bonchev–Trinajstić information content (AvgIpc) is 2.86. The zero-order chi connectivity index (χ0) is 12.2. The number of Topliss-reactive ketones (excluding diaryl/α,β-unsaturated/α-hetero) is 1. The smallest absolute Gasteiger partial charge is 0.857 e. The Hall–Kier alpha value is -0.134. The zero-order valence-corrected chi connectivity index (χ0v) is 11.8. The fourth-order valence-corrected chi connectivity index (χ4v) is 1.50. The number of carboxylic acid groups (broad SMARTS) is 1. The topological polar surface area (TPSA) is 80.3 Å². The molecule has 1 rings (SSSR count). The molecule has 0 saturated heterocycles. The van der Waals surface area contributed by atoms with E-state index in [9.17, 15) is 14.7 Å². The van der Waals surface area contributed by atoms with Crippen LogP contribution in [0.4, 0.5) is 0 Å². The summed E-state index contributed by atoms with van der Waals surface area (Å²) < 4.78 is 0. The minimum Gasteiger partial charge on any atom is -0.857 e. The van der Waals surface area contributed by atoms with E-state index in [-0.39, 0.29) is 34.8 Å². The van der Waals surface area contributed by atoms with E-state index >= 15 is 0 Å². The van der Waals surface area contributed by atoms with Gasteiger partial charge < -0.3 is 15.0 Å². The minimum absolute atomic E-state index is 0. The van der Waals surface area contributed by atoms with E-state index in [0.29, 0.717) is 0 Å². The molecule has 1 atom stereocenters. The van der Waals surface area contributed by atoms with E-state index in [1.165, 1.54) is 0 Å². The fraction of sp³-hybridized carbons (Fsp3) is 0.818. The van der Waals surface area contributed by atoms with Gasteiger partial charge in [-0.25, -0.2) is 0 Å². The molecule has 0 N–H and O–H groups in total. The predicted molar refractivity (Wildman–Crippen MR) is 57.4 cm³/mol. The first-order valence-electron chi connectivity index (χ1n) is 4.99. The average molecular weight is 239 g/mol. The van der Waals surface area contributed by atoms with Crippen molar-refractivity contribution in [3.63, 3.8) is 0 Å². The Bertz CT molecular complexity index is 241. The molecule has 16 heavy (non-hydrogen) atoms. The van der Waals surface area contributed by atoms with Gasteiger partial charge in [-0.1, -0.05) is 20.8 Å². The molecule has 0 aromatic rings. The molecule has 1 fully saturated rings. The monoisotopic (exact) mass is 238 g/mol. The van der Waals surface area contributed by atoms with Crippen molar-refractivity contribution < 1.29 is 19.8 Å². The molecule has 1 aliphatic rings. The quantitative estimate of drug-likeness (QED) is 0.465. The third kappa shape index (κ3) is 5.27. The number of aliphatic carboxylic acids is 1. The van der Waals surface area contributed by atoms with Gasteiger partial charge in [-0.15, -0.1) is 0 Å². The summed E-state index contributed by atoms with van der Waals surface area (Å²) in [5.74, 6) is -2.33. The molecule has 0 heterocycles. The van der Waals surface area contributed by atoms with E-state index in [1.54, 1.807) is 20.8 Å². The first kappa shape index (κ1) is 18.2. The van der Waals surface area contributed by atoms with Crippen LogP contribution in [0.15, 0.2) is 0 Å². The summed E-state index contributed by atoms with van der Waals surface area (Å²) >= 11 is 0. The van der Waals surface area contributed by atoms with Crippen molar-refractivity contribution in [2.45, 2.75) is 33.6 Å². The Labute approximate surface area is 113 Å². The summed E-state index contributed by atoms with van der Waals surface area (Å²) in [6.45, 7) is 5.27. The van der Waals surface area contributed by atoms with Gasteiger partial charge in [-0.3, -0.25) is 4.79 Å². The van der Waals surface area contributed by atoms with Crippen molar-refractivity contribution in [2.24, 2.45) is 17.3 Å². The van der Waals surface area contributed by atoms with Crippen LogP contribution in [-0.2, 0) is 9.59 Å². The SMILES string of the molecule is CC(C)(C)C(C(=O)[O-])C(=O)C1CC1.C[O-].[Mg+2]. The second-order valence-electron chi connectivity index (χ2n) is 4.79. The summed E-state index contributed by atoms with van der Waals surface area (Å²) in [7, 11) is 0.750. The molecule has 0 aromatic heterocycles. The van der Waals surface area contributed by atoms with Gasteiger partial charge in [-0.2, -0.15) is 7.11 Å². The van der Waals surface area contributed by atoms with Gasteiger partial charge in [-0.05, 0) is 18.3 Å². The number of ketones is 1. The van der Waals surface area contributed by atoms with Gasteiger partial charge in [0, 0.05) is 5.92 Å². The van der Waals surface area contributed by atoms with Crippen LogP contribution in [0.5, 0.6) is 0 Å². The first-order valence-corrected chi connectivity index (χ1v) is 4.99. The normalized spacial score (nSPS) is 16.3. The summed E-state index contributed by atoms with van der Waals surface area (Å²) in [6.07, 6.45) is 1.69. The number of carbonyl (C=O) groups is 2. The van der Waals surface area contributed by atoms with E-state index in [4.69, 9.17) is 5.11 Å². The molecule has 0 bridgehead atoms. The Balaban J connectivity index is 0. The van der Waals surface area contributed by atoms with Crippen LogP contribution >= 0.6 is 0 Å². The second-order valence-corrected chi connectivity index (χ2v) is 4.79. The second kappa shape index (κ2) is 7.24. The van der Waals surface area contributed by atoms with E-state index in [1.807, 2.05) is 0 Å². The molecule has 4 nitrogen and oxygen atoms in total. The predicted octanol–water partition coefficient (Wildman–Crippen LogP) is -1.03. The van der Waals surface area contributed by atoms with Crippen molar-refractivity contribution >= 4 is 34.8 Å². The molecular weight excluding hydrogens is 220 g/mol. The third-order valence-corrected chi connectivity index (χ3v) is 2.37. The summed E-state index contributed by atoms with van der Waals surface area (Å²) in [5, 5.41) is 19.0. The first-order chi connectivity index (χ1) is 6.84. The summed E-state index contributed by atoms with van der Waals surface area (Å²) in [5.41, 5.74) is -0.529. The fourth-order valence-electron chi connectivity index (χ4n) is 1.50. The van der Waals surface area contributed by atoms with Crippen LogP contribution in [0.25, 0.3) is 0 Å². The van der Waals surface area contributed by atoms with E-state index in [2.05, 4.69) is 0 Å². The molecular formula is C11H18MgO4. The Morgan fingerprint density at radius 3 is 1.75 bits per heavy atom. The van der Waals surface area contributed by atoms with Gasteiger partial charge in [0.1, 0.15) is 5.78 Å². The number of hydrogen-bond acceptors (Lipinski definition) is 4. The Morgan fingerprint density at radius 1 is 1.19 bits per heavy atom. The van der Waals surface area contributed by atoms with Crippen LogP contribution in [0.1, 0.15) is 33.6 Å². The maximum atomic E-state index is 11.6. The molecule has 5 heteroatoms. The molecule has 0 amide bonds. The Kier molecular flexibility index (Phi) is 8.26. The van der Waals surface area contributed by atoms with Gasteiger partial charge in [0.2, 0.25) is 0 Å².